The largest absolute Gasteiger partial charge is 0.347 e. The van der Waals surface area contributed by atoms with E-state index in [9.17, 15) is 0 Å². The Balaban J connectivity index is 2.76. The van der Waals surface area contributed by atoms with Crippen molar-refractivity contribution in [2.45, 2.75) is 4.83 Å². The Kier molecular flexibility index (Phi) is 2.05. The van der Waals surface area contributed by atoms with Gasteiger partial charge in [-0.2, -0.15) is 0 Å². The number of imidazole rings is 1. The summed E-state index contributed by atoms with van der Waals surface area (Å²) in [6.45, 7) is 3.61. The molecule has 48 valence electrons. The van der Waals surface area contributed by atoms with Crippen LogP contribution < -0.4 is 0 Å². The number of nitrogens with zero attached hydrogens (tertiary/aromatic N) is 1. The first-order chi connectivity index (χ1) is 4.34. The summed E-state index contributed by atoms with van der Waals surface area (Å²) in [5.74, 6) is 0.894. The fraction of sp³-hybridized carbons (Fsp3) is 0.167. The summed E-state index contributed by atoms with van der Waals surface area (Å²) < 4.78 is 0. The van der Waals surface area contributed by atoms with E-state index in [1.54, 1.807) is 18.5 Å². The third-order valence-corrected chi connectivity index (χ3v) is 1.80. The number of alkyl halides is 1. The van der Waals surface area contributed by atoms with Crippen molar-refractivity contribution >= 4 is 15.9 Å². The molecule has 1 heterocycles. The topological polar surface area (TPSA) is 28.7 Å². The van der Waals surface area contributed by atoms with Gasteiger partial charge >= 0.3 is 0 Å². The molecule has 1 N–H and O–H groups in total. The third-order valence-electron chi connectivity index (χ3n) is 0.988. The second-order valence-corrected chi connectivity index (χ2v) is 2.60. The molecular weight excluding hydrogens is 180 g/mol. The lowest BCUT2D eigenvalue weighted by atomic mass is 10.4. The van der Waals surface area contributed by atoms with Crippen molar-refractivity contribution in [3.63, 3.8) is 0 Å². The highest BCUT2D eigenvalue weighted by Gasteiger charge is 2.01. The van der Waals surface area contributed by atoms with Gasteiger partial charge in [-0.1, -0.05) is 22.0 Å². The zero-order chi connectivity index (χ0) is 6.69. The number of aromatic nitrogens is 2. The molecule has 0 saturated heterocycles. The first kappa shape index (κ1) is 6.55. The molecule has 0 radical (unpaired) electrons. The maximum absolute atomic E-state index is 4.01. The molecule has 1 aromatic heterocycles. The first-order valence-corrected chi connectivity index (χ1v) is 3.52. The van der Waals surface area contributed by atoms with Crippen molar-refractivity contribution in [3.05, 3.63) is 30.9 Å². The van der Waals surface area contributed by atoms with E-state index in [4.69, 9.17) is 0 Å². The fourth-order valence-corrected chi connectivity index (χ4v) is 0.790. The second-order valence-electron chi connectivity index (χ2n) is 1.61. The van der Waals surface area contributed by atoms with Crippen molar-refractivity contribution in [1.29, 1.82) is 0 Å². The Morgan fingerprint density at radius 3 is 3.11 bits per heavy atom. The van der Waals surface area contributed by atoms with E-state index < -0.39 is 0 Å². The number of aromatic amines is 1. The standard InChI is InChI=1S/C6H7BrN2/c1-2-5(7)6-8-3-4-9-6/h2-5H,1H2,(H,8,9). The minimum absolute atomic E-state index is 0.146. The van der Waals surface area contributed by atoms with Crippen LogP contribution in [0.2, 0.25) is 0 Å². The summed E-state index contributed by atoms with van der Waals surface area (Å²) >= 11 is 3.35. The van der Waals surface area contributed by atoms with E-state index >= 15 is 0 Å². The lowest BCUT2D eigenvalue weighted by molar-refractivity contribution is 1.05. The summed E-state index contributed by atoms with van der Waals surface area (Å²) in [7, 11) is 0. The molecule has 3 heteroatoms. The van der Waals surface area contributed by atoms with Gasteiger partial charge in [0.15, 0.2) is 0 Å². The minimum atomic E-state index is 0.146. The molecule has 0 aromatic carbocycles. The van der Waals surface area contributed by atoms with Crippen LogP contribution in [-0.2, 0) is 0 Å². The van der Waals surface area contributed by atoms with Crippen LogP contribution in [0.25, 0.3) is 0 Å². The number of allylic oxidation sites excluding steroid dienone is 1. The van der Waals surface area contributed by atoms with E-state index in [-0.39, 0.29) is 4.83 Å². The van der Waals surface area contributed by atoms with E-state index in [0.29, 0.717) is 0 Å². The van der Waals surface area contributed by atoms with Gasteiger partial charge in [-0.15, -0.1) is 6.58 Å². The van der Waals surface area contributed by atoms with E-state index in [1.807, 2.05) is 0 Å². The smallest absolute Gasteiger partial charge is 0.123 e. The first-order valence-electron chi connectivity index (χ1n) is 2.60. The van der Waals surface area contributed by atoms with Crippen LogP contribution in [0.1, 0.15) is 10.7 Å². The van der Waals surface area contributed by atoms with Gasteiger partial charge in [0.2, 0.25) is 0 Å². The summed E-state index contributed by atoms with van der Waals surface area (Å²) in [4.78, 5) is 7.12. The van der Waals surface area contributed by atoms with E-state index in [1.165, 1.54) is 0 Å². The van der Waals surface area contributed by atoms with Crippen LogP contribution in [0.4, 0.5) is 0 Å². The number of halogens is 1. The SMILES string of the molecule is C=CC(Br)c1ncc[nH]1. The van der Waals surface area contributed by atoms with Crippen molar-refractivity contribution in [2.75, 3.05) is 0 Å². The summed E-state index contributed by atoms with van der Waals surface area (Å²) in [5, 5.41) is 0. The van der Waals surface area contributed by atoms with Crippen molar-refractivity contribution in [2.24, 2.45) is 0 Å². The maximum atomic E-state index is 4.01. The number of nitrogens with one attached hydrogen (secondary N) is 1. The molecule has 0 aliphatic carbocycles. The van der Waals surface area contributed by atoms with Crippen LogP contribution in [0, 0.1) is 0 Å². The van der Waals surface area contributed by atoms with Gasteiger partial charge in [0.25, 0.3) is 0 Å². The van der Waals surface area contributed by atoms with E-state index in [2.05, 4.69) is 32.5 Å². The molecule has 0 spiro atoms. The van der Waals surface area contributed by atoms with Crippen LogP contribution in [0.5, 0.6) is 0 Å². The summed E-state index contributed by atoms with van der Waals surface area (Å²) in [6, 6.07) is 0. The molecule has 0 saturated carbocycles. The Labute approximate surface area is 62.1 Å². The Hall–Kier alpha value is -0.570. The zero-order valence-corrected chi connectivity index (χ0v) is 6.43. The normalized spacial score (nSPS) is 13.0. The molecule has 0 bridgehead atoms. The molecule has 9 heavy (non-hydrogen) atoms. The maximum Gasteiger partial charge on any atom is 0.123 e. The highest BCUT2D eigenvalue weighted by Crippen LogP contribution is 2.18. The second kappa shape index (κ2) is 2.82. The van der Waals surface area contributed by atoms with Crippen LogP contribution in [0.3, 0.4) is 0 Å². The molecule has 1 atom stereocenters. The molecule has 0 fully saturated rings. The monoisotopic (exact) mass is 186 g/mol. The highest BCUT2D eigenvalue weighted by atomic mass is 79.9. The van der Waals surface area contributed by atoms with E-state index in [0.717, 1.165) is 5.82 Å². The molecule has 1 unspecified atom stereocenters. The van der Waals surface area contributed by atoms with Crippen molar-refractivity contribution in [3.8, 4) is 0 Å². The zero-order valence-electron chi connectivity index (χ0n) is 4.84. The van der Waals surface area contributed by atoms with Crippen molar-refractivity contribution in [1.82, 2.24) is 9.97 Å². The number of hydrogen-bond donors (Lipinski definition) is 1. The molecule has 1 rings (SSSR count). The van der Waals surface area contributed by atoms with Crippen LogP contribution >= 0.6 is 15.9 Å². The summed E-state index contributed by atoms with van der Waals surface area (Å²) in [6.07, 6.45) is 5.28. The van der Waals surface area contributed by atoms with Gasteiger partial charge in [-0.25, -0.2) is 4.98 Å². The highest BCUT2D eigenvalue weighted by molar-refractivity contribution is 9.09. The van der Waals surface area contributed by atoms with Crippen LogP contribution in [0.15, 0.2) is 25.0 Å². The lowest BCUT2D eigenvalue weighted by Gasteiger charge is -1.95. The quantitative estimate of drug-likeness (QED) is 0.556. The Bertz CT molecular complexity index is 181. The third kappa shape index (κ3) is 1.42. The number of hydrogen-bond acceptors (Lipinski definition) is 1. The van der Waals surface area contributed by atoms with Crippen LogP contribution in [-0.4, -0.2) is 9.97 Å². The summed E-state index contributed by atoms with van der Waals surface area (Å²) in [5.41, 5.74) is 0. The predicted octanol–water partition coefficient (Wildman–Crippen LogP) is 2.03. The predicted molar refractivity (Wildman–Crippen MR) is 40.5 cm³/mol. The lowest BCUT2D eigenvalue weighted by Crippen LogP contribution is -1.85. The fourth-order valence-electron chi connectivity index (χ4n) is 0.540. The average molecular weight is 187 g/mol. The molecule has 0 aliphatic heterocycles. The van der Waals surface area contributed by atoms with Gasteiger partial charge in [-0.3, -0.25) is 0 Å². The molecule has 0 amide bonds. The average Bonchev–Trinajstić information content (AvgIpc) is 2.37. The van der Waals surface area contributed by atoms with Gasteiger partial charge in [0.05, 0.1) is 4.83 Å². The van der Waals surface area contributed by atoms with Gasteiger partial charge < -0.3 is 4.98 Å². The van der Waals surface area contributed by atoms with Crippen molar-refractivity contribution < 1.29 is 0 Å². The van der Waals surface area contributed by atoms with Gasteiger partial charge in [-0.05, 0) is 0 Å². The Morgan fingerprint density at radius 1 is 1.89 bits per heavy atom. The number of rotatable bonds is 2. The molecule has 2 nitrogen and oxygen atoms in total. The molecule has 0 aliphatic rings. The molecule has 1 aromatic rings. The van der Waals surface area contributed by atoms with Gasteiger partial charge in [0.1, 0.15) is 5.82 Å². The Morgan fingerprint density at radius 2 is 2.67 bits per heavy atom. The van der Waals surface area contributed by atoms with Gasteiger partial charge in [0, 0.05) is 12.4 Å². The number of H-pyrrole nitrogens is 1. The molecular formula is C6H7BrN2. The minimum Gasteiger partial charge on any atom is -0.347 e.